The molecule has 5 nitrogen and oxygen atoms in total. The van der Waals surface area contributed by atoms with Crippen LogP contribution in [0.2, 0.25) is 0 Å². The molecule has 0 aromatic rings. The van der Waals surface area contributed by atoms with Gasteiger partial charge in [-0.1, -0.05) is 6.42 Å². The van der Waals surface area contributed by atoms with E-state index in [0.717, 1.165) is 19.3 Å². The predicted octanol–water partition coefficient (Wildman–Crippen LogP) is 1.49. The number of nitrogens with two attached hydrogens (primary N) is 1. The summed E-state index contributed by atoms with van der Waals surface area (Å²) in [5, 5.41) is 0. The molecule has 0 spiro atoms. The van der Waals surface area contributed by atoms with E-state index in [1.165, 1.54) is 7.11 Å². The Kier molecular flexibility index (Phi) is 6.75. The summed E-state index contributed by atoms with van der Waals surface area (Å²) in [6, 6.07) is 0. The van der Waals surface area contributed by atoms with Crippen LogP contribution in [0.5, 0.6) is 0 Å². The maximum atomic E-state index is 11.7. The SMILES string of the molecule is COC(=O)C1(N)CCCC1CCOCCOC(C)C. The smallest absolute Gasteiger partial charge is 0.326 e. The molecule has 0 aliphatic heterocycles. The summed E-state index contributed by atoms with van der Waals surface area (Å²) < 4.78 is 15.7. The average molecular weight is 273 g/mol. The Balaban J connectivity index is 2.23. The zero-order chi connectivity index (χ0) is 14.3. The Bertz CT molecular complexity index is 283. The second-order valence-corrected chi connectivity index (χ2v) is 5.44. The van der Waals surface area contributed by atoms with E-state index in [9.17, 15) is 4.79 Å². The van der Waals surface area contributed by atoms with E-state index in [-0.39, 0.29) is 18.0 Å². The highest BCUT2D eigenvalue weighted by Gasteiger charge is 2.46. The minimum atomic E-state index is -0.813. The van der Waals surface area contributed by atoms with Gasteiger partial charge in [0.05, 0.1) is 26.4 Å². The van der Waals surface area contributed by atoms with Crippen LogP contribution >= 0.6 is 0 Å². The van der Waals surface area contributed by atoms with Crippen LogP contribution < -0.4 is 5.73 Å². The van der Waals surface area contributed by atoms with E-state index in [1.54, 1.807) is 0 Å². The maximum absolute atomic E-state index is 11.7. The Morgan fingerprint density at radius 1 is 1.37 bits per heavy atom. The maximum Gasteiger partial charge on any atom is 0.326 e. The molecule has 1 fully saturated rings. The topological polar surface area (TPSA) is 70.8 Å². The van der Waals surface area contributed by atoms with Crippen molar-refractivity contribution in [1.82, 2.24) is 0 Å². The fourth-order valence-corrected chi connectivity index (χ4v) is 2.63. The van der Waals surface area contributed by atoms with Crippen molar-refractivity contribution < 1.29 is 19.0 Å². The third-order valence-electron chi connectivity index (χ3n) is 3.73. The first-order valence-electron chi connectivity index (χ1n) is 7.07. The van der Waals surface area contributed by atoms with Crippen molar-refractivity contribution >= 4 is 5.97 Å². The molecule has 0 radical (unpaired) electrons. The van der Waals surface area contributed by atoms with Gasteiger partial charge >= 0.3 is 5.97 Å². The molecule has 5 heteroatoms. The fourth-order valence-electron chi connectivity index (χ4n) is 2.63. The number of methoxy groups -OCH3 is 1. The van der Waals surface area contributed by atoms with E-state index in [2.05, 4.69) is 0 Å². The second-order valence-electron chi connectivity index (χ2n) is 5.44. The number of carbonyl (C=O) groups excluding carboxylic acids is 1. The summed E-state index contributed by atoms with van der Waals surface area (Å²) in [7, 11) is 1.39. The molecule has 2 atom stereocenters. The molecule has 1 aliphatic rings. The van der Waals surface area contributed by atoms with Crippen molar-refractivity contribution in [2.45, 2.75) is 51.2 Å². The molecule has 0 saturated heterocycles. The van der Waals surface area contributed by atoms with E-state index < -0.39 is 5.54 Å². The predicted molar refractivity (Wildman–Crippen MR) is 72.8 cm³/mol. The normalized spacial score (nSPS) is 26.9. The quantitative estimate of drug-likeness (QED) is 0.536. The van der Waals surface area contributed by atoms with E-state index >= 15 is 0 Å². The monoisotopic (exact) mass is 273 g/mol. The number of esters is 1. The van der Waals surface area contributed by atoms with Crippen molar-refractivity contribution in [3.63, 3.8) is 0 Å². The Hall–Kier alpha value is -0.650. The molecule has 0 aromatic carbocycles. The lowest BCUT2D eigenvalue weighted by Crippen LogP contribution is -2.51. The van der Waals surface area contributed by atoms with Gasteiger partial charge in [-0.15, -0.1) is 0 Å². The first kappa shape index (κ1) is 16.4. The van der Waals surface area contributed by atoms with Crippen molar-refractivity contribution in [2.24, 2.45) is 11.7 Å². The molecule has 0 aromatic heterocycles. The Morgan fingerprint density at radius 2 is 2.11 bits per heavy atom. The highest BCUT2D eigenvalue weighted by atomic mass is 16.5. The fraction of sp³-hybridized carbons (Fsp3) is 0.929. The lowest BCUT2D eigenvalue weighted by molar-refractivity contribution is -0.148. The molecular weight excluding hydrogens is 246 g/mol. The minimum absolute atomic E-state index is 0.158. The molecule has 2 unspecified atom stereocenters. The van der Waals surface area contributed by atoms with Crippen LogP contribution in [0.25, 0.3) is 0 Å². The van der Waals surface area contributed by atoms with E-state index in [4.69, 9.17) is 19.9 Å². The molecule has 0 bridgehead atoms. The molecule has 1 aliphatic carbocycles. The summed E-state index contributed by atoms with van der Waals surface area (Å²) in [5.74, 6) is -0.135. The van der Waals surface area contributed by atoms with Crippen LogP contribution in [0, 0.1) is 5.92 Å². The highest BCUT2D eigenvalue weighted by Crippen LogP contribution is 2.36. The third-order valence-corrected chi connectivity index (χ3v) is 3.73. The van der Waals surface area contributed by atoms with Gasteiger partial charge in [-0.25, -0.2) is 0 Å². The Labute approximate surface area is 115 Å². The first-order chi connectivity index (χ1) is 9.00. The lowest BCUT2D eigenvalue weighted by Gasteiger charge is -2.28. The first-order valence-corrected chi connectivity index (χ1v) is 7.07. The van der Waals surface area contributed by atoms with Gasteiger partial charge in [0.25, 0.3) is 0 Å². The summed E-state index contributed by atoms with van der Waals surface area (Å²) >= 11 is 0. The minimum Gasteiger partial charge on any atom is -0.468 e. The largest absolute Gasteiger partial charge is 0.468 e. The van der Waals surface area contributed by atoms with Crippen molar-refractivity contribution in [1.29, 1.82) is 0 Å². The van der Waals surface area contributed by atoms with Gasteiger partial charge in [0.2, 0.25) is 0 Å². The van der Waals surface area contributed by atoms with Crippen LogP contribution in [0.3, 0.4) is 0 Å². The Morgan fingerprint density at radius 3 is 2.74 bits per heavy atom. The van der Waals surface area contributed by atoms with E-state index in [0.29, 0.717) is 26.2 Å². The van der Waals surface area contributed by atoms with Crippen molar-refractivity contribution in [3.05, 3.63) is 0 Å². The van der Waals surface area contributed by atoms with Crippen LogP contribution in [-0.4, -0.2) is 44.5 Å². The molecule has 0 amide bonds. The third kappa shape index (κ3) is 4.75. The number of hydrogen-bond donors (Lipinski definition) is 1. The zero-order valence-corrected chi connectivity index (χ0v) is 12.3. The van der Waals surface area contributed by atoms with Crippen molar-refractivity contribution in [3.8, 4) is 0 Å². The van der Waals surface area contributed by atoms with Gasteiger partial charge in [-0.3, -0.25) is 4.79 Å². The van der Waals surface area contributed by atoms with Crippen molar-refractivity contribution in [2.75, 3.05) is 26.9 Å². The molecule has 1 saturated carbocycles. The number of ether oxygens (including phenoxy) is 3. The van der Waals surface area contributed by atoms with Crippen LogP contribution in [0.1, 0.15) is 39.5 Å². The van der Waals surface area contributed by atoms with Crippen LogP contribution in [0.15, 0.2) is 0 Å². The molecule has 1 rings (SSSR count). The van der Waals surface area contributed by atoms with Gasteiger partial charge < -0.3 is 19.9 Å². The summed E-state index contributed by atoms with van der Waals surface area (Å²) in [6.45, 7) is 5.80. The molecular formula is C14H27NO4. The number of rotatable bonds is 8. The van der Waals surface area contributed by atoms with Crippen LogP contribution in [0.4, 0.5) is 0 Å². The average Bonchev–Trinajstić information content (AvgIpc) is 2.75. The van der Waals surface area contributed by atoms with Gasteiger partial charge in [-0.05, 0) is 39.0 Å². The van der Waals surface area contributed by atoms with E-state index in [1.807, 2.05) is 13.8 Å². The van der Waals surface area contributed by atoms with Gasteiger partial charge in [0.1, 0.15) is 5.54 Å². The molecule has 19 heavy (non-hydrogen) atoms. The van der Waals surface area contributed by atoms with Gasteiger partial charge in [0.15, 0.2) is 0 Å². The number of hydrogen-bond acceptors (Lipinski definition) is 5. The summed E-state index contributed by atoms with van der Waals surface area (Å²) in [4.78, 5) is 11.7. The van der Waals surface area contributed by atoms with Crippen LogP contribution in [-0.2, 0) is 19.0 Å². The number of carbonyl (C=O) groups is 1. The molecule has 2 N–H and O–H groups in total. The molecule has 0 heterocycles. The standard InChI is InChI=1S/C14H27NO4/c1-11(2)19-10-9-18-8-6-12-5-4-7-14(12,15)13(16)17-3/h11-12H,4-10,15H2,1-3H3. The zero-order valence-electron chi connectivity index (χ0n) is 12.3. The summed E-state index contributed by atoms with van der Waals surface area (Å²) in [6.07, 6.45) is 3.69. The van der Waals surface area contributed by atoms with Gasteiger partial charge in [0, 0.05) is 6.61 Å². The molecule has 112 valence electrons. The summed E-state index contributed by atoms with van der Waals surface area (Å²) in [5.41, 5.74) is 5.37. The highest BCUT2D eigenvalue weighted by molar-refractivity contribution is 5.81. The van der Waals surface area contributed by atoms with Gasteiger partial charge in [-0.2, -0.15) is 0 Å². The lowest BCUT2D eigenvalue weighted by atomic mass is 9.86. The second kappa shape index (κ2) is 7.82.